The van der Waals surface area contributed by atoms with Gasteiger partial charge in [0, 0.05) is 28.3 Å². The van der Waals surface area contributed by atoms with E-state index in [1.807, 2.05) is 18.2 Å². The number of amides is 1. The average Bonchev–Trinajstić information content (AvgIpc) is 3.04. The van der Waals surface area contributed by atoms with Crippen LogP contribution in [0.25, 0.3) is 16.6 Å². The predicted molar refractivity (Wildman–Crippen MR) is 115 cm³/mol. The molecule has 1 N–H and O–H groups in total. The summed E-state index contributed by atoms with van der Waals surface area (Å²) in [4.78, 5) is 12.2. The van der Waals surface area contributed by atoms with E-state index in [4.69, 9.17) is 11.6 Å². The number of rotatable bonds is 5. The summed E-state index contributed by atoms with van der Waals surface area (Å²) in [6.07, 6.45) is 0.370. The fraction of sp³-hybridized carbons (Fsp3) is 0.190. The first kappa shape index (κ1) is 18.8. The Kier molecular flexibility index (Phi) is 5.24. The Labute approximate surface area is 172 Å². The maximum atomic E-state index is 12.2. The van der Waals surface area contributed by atoms with E-state index in [0.29, 0.717) is 22.9 Å². The summed E-state index contributed by atoms with van der Waals surface area (Å²) >= 11 is 7.48. The Morgan fingerprint density at radius 1 is 1.11 bits per heavy atom. The second-order valence-corrected chi connectivity index (χ2v) is 8.13. The molecule has 28 heavy (non-hydrogen) atoms. The van der Waals surface area contributed by atoms with Crippen molar-refractivity contribution in [3.8, 4) is 0 Å². The summed E-state index contributed by atoms with van der Waals surface area (Å²) in [7, 11) is 0. The van der Waals surface area contributed by atoms with Crippen LogP contribution in [-0.4, -0.2) is 26.3 Å². The molecule has 5 nitrogen and oxygen atoms in total. The third kappa shape index (κ3) is 3.70. The number of nitrogens with zero attached hydrogens (tertiary/aromatic N) is 3. The first-order valence-corrected chi connectivity index (χ1v) is 10.3. The third-order valence-corrected chi connectivity index (χ3v) is 5.72. The smallest absolute Gasteiger partial charge is 0.225 e. The zero-order valence-corrected chi connectivity index (χ0v) is 17.1. The molecule has 0 saturated carbocycles. The highest BCUT2D eigenvalue weighted by atomic mass is 35.5. The standard InChI is InChI=1S/C21H19ClN4OS/c1-13-5-3-8-17-14(2)11-18-24-25-21(26(18)20(13)17)28-10-9-19(27)23-16-7-4-6-15(22)12-16/h3-8,11-12H,9-10H2,1-2H3,(H,23,27). The second-order valence-electron chi connectivity index (χ2n) is 6.63. The van der Waals surface area contributed by atoms with Gasteiger partial charge >= 0.3 is 0 Å². The lowest BCUT2D eigenvalue weighted by Gasteiger charge is -2.10. The van der Waals surface area contributed by atoms with Gasteiger partial charge in [-0.3, -0.25) is 9.20 Å². The van der Waals surface area contributed by atoms with Gasteiger partial charge in [0.25, 0.3) is 0 Å². The van der Waals surface area contributed by atoms with Gasteiger partial charge in [0.05, 0.1) is 5.52 Å². The second kappa shape index (κ2) is 7.81. The van der Waals surface area contributed by atoms with Crippen molar-refractivity contribution in [1.29, 1.82) is 0 Å². The summed E-state index contributed by atoms with van der Waals surface area (Å²) in [6, 6.07) is 15.5. The molecule has 1 amide bonds. The van der Waals surface area contributed by atoms with E-state index in [-0.39, 0.29) is 5.91 Å². The fourth-order valence-corrected chi connectivity index (χ4v) is 4.32. The van der Waals surface area contributed by atoms with Crippen LogP contribution in [0.2, 0.25) is 5.02 Å². The normalized spacial score (nSPS) is 11.2. The fourth-order valence-electron chi connectivity index (χ4n) is 3.25. The van der Waals surface area contributed by atoms with Gasteiger partial charge in [-0.1, -0.05) is 47.6 Å². The maximum absolute atomic E-state index is 12.2. The molecule has 0 fully saturated rings. The first-order valence-electron chi connectivity index (χ1n) is 8.95. The monoisotopic (exact) mass is 410 g/mol. The van der Waals surface area contributed by atoms with Crippen LogP contribution in [0.3, 0.4) is 0 Å². The van der Waals surface area contributed by atoms with Crippen molar-refractivity contribution in [2.75, 3.05) is 11.1 Å². The van der Waals surface area contributed by atoms with Crippen LogP contribution in [-0.2, 0) is 4.79 Å². The molecule has 0 unspecified atom stereocenters. The van der Waals surface area contributed by atoms with Gasteiger partial charge in [-0.15, -0.1) is 10.2 Å². The van der Waals surface area contributed by atoms with E-state index in [1.54, 1.807) is 12.1 Å². The number of carbonyl (C=O) groups excluding carboxylic acids is 1. The van der Waals surface area contributed by atoms with E-state index in [9.17, 15) is 4.79 Å². The predicted octanol–water partition coefficient (Wildman–Crippen LogP) is 5.27. The number of aromatic nitrogens is 3. The van der Waals surface area contributed by atoms with Crippen molar-refractivity contribution in [3.05, 3.63) is 64.7 Å². The number of carbonyl (C=O) groups is 1. The molecule has 0 atom stereocenters. The molecule has 4 aromatic rings. The zero-order chi connectivity index (χ0) is 19.7. The van der Waals surface area contributed by atoms with Crippen molar-refractivity contribution >= 4 is 51.5 Å². The van der Waals surface area contributed by atoms with Crippen LogP contribution in [0.15, 0.2) is 53.7 Å². The van der Waals surface area contributed by atoms with Crippen LogP contribution < -0.4 is 5.32 Å². The molecular weight excluding hydrogens is 392 g/mol. The summed E-state index contributed by atoms with van der Waals surface area (Å²) in [5, 5.41) is 14.1. The van der Waals surface area contributed by atoms with Gasteiger partial charge in [-0.05, 0) is 49.2 Å². The van der Waals surface area contributed by atoms with Crippen molar-refractivity contribution in [3.63, 3.8) is 0 Å². The Morgan fingerprint density at radius 2 is 1.93 bits per heavy atom. The number of para-hydroxylation sites is 1. The Morgan fingerprint density at radius 3 is 2.75 bits per heavy atom. The molecule has 0 spiro atoms. The number of halogens is 1. The Bertz CT molecular complexity index is 1190. The van der Waals surface area contributed by atoms with Crippen molar-refractivity contribution in [1.82, 2.24) is 14.6 Å². The first-order chi connectivity index (χ1) is 13.5. The van der Waals surface area contributed by atoms with E-state index >= 15 is 0 Å². The average molecular weight is 411 g/mol. The van der Waals surface area contributed by atoms with Gasteiger partial charge in [0.1, 0.15) is 0 Å². The number of benzene rings is 2. The minimum Gasteiger partial charge on any atom is -0.326 e. The summed E-state index contributed by atoms with van der Waals surface area (Å²) in [6.45, 7) is 4.18. The number of aryl methyl sites for hydroxylation is 2. The molecule has 2 aromatic carbocycles. The van der Waals surface area contributed by atoms with Crippen molar-refractivity contribution in [2.24, 2.45) is 0 Å². The van der Waals surface area contributed by atoms with Crippen LogP contribution in [0.5, 0.6) is 0 Å². The lowest BCUT2D eigenvalue weighted by atomic mass is 10.1. The van der Waals surface area contributed by atoms with Crippen LogP contribution >= 0.6 is 23.4 Å². The highest BCUT2D eigenvalue weighted by Crippen LogP contribution is 2.28. The van der Waals surface area contributed by atoms with E-state index < -0.39 is 0 Å². The van der Waals surface area contributed by atoms with Gasteiger partial charge in [-0.25, -0.2) is 0 Å². The molecule has 2 aromatic heterocycles. The third-order valence-electron chi connectivity index (χ3n) is 4.56. The number of fused-ring (bicyclic) bond motifs is 3. The van der Waals surface area contributed by atoms with E-state index in [1.165, 1.54) is 28.3 Å². The molecule has 142 valence electrons. The van der Waals surface area contributed by atoms with Crippen LogP contribution in [0, 0.1) is 13.8 Å². The van der Waals surface area contributed by atoms with Gasteiger partial charge < -0.3 is 5.32 Å². The molecule has 0 aliphatic heterocycles. The van der Waals surface area contributed by atoms with Crippen LogP contribution in [0.1, 0.15) is 17.5 Å². The Hall–Kier alpha value is -2.57. The molecule has 7 heteroatoms. The Balaban J connectivity index is 1.52. The summed E-state index contributed by atoms with van der Waals surface area (Å²) in [5.74, 6) is 0.550. The SMILES string of the molecule is Cc1cc2nnc(SCCC(=O)Nc3cccc(Cl)c3)n2c2c(C)cccc12. The number of hydrogen-bond acceptors (Lipinski definition) is 4. The molecule has 0 saturated heterocycles. The lowest BCUT2D eigenvalue weighted by Crippen LogP contribution is -2.12. The number of thioether (sulfide) groups is 1. The molecule has 0 radical (unpaired) electrons. The van der Waals surface area contributed by atoms with Crippen molar-refractivity contribution < 1.29 is 4.79 Å². The molecule has 0 aliphatic carbocycles. The minimum atomic E-state index is -0.0551. The molecular formula is C21H19ClN4OS. The quantitative estimate of drug-likeness (QED) is 0.455. The van der Waals surface area contributed by atoms with E-state index in [0.717, 1.165) is 16.3 Å². The lowest BCUT2D eigenvalue weighted by molar-refractivity contribution is -0.115. The topological polar surface area (TPSA) is 59.3 Å². The van der Waals surface area contributed by atoms with Gasteiger partial charge in [0.2, 0.25) is 5.91 Å². The summed E-state index contributed by atoms with van der Waals surface area (Å²) < 4.78 is 2.08. The van der Waals surface area contributed by atoms with Crippen molar-refractivity contribution in [2.45, 2.75) is 25.4 Å². The molecule has 4 rings (SSSR count). The van der Waals surface area contributed by atoms with Gasteiger partial charge in [0.15, 0.2) is 10.8 Å². The van der Waals surface area contributed by atoms with Crippen LogP contribution in [0.4, 0.5) is 5.69 Å². The minimum absolute atomic E-state index is 0.0551. The molecule has 0 bridgehead atoms. The highest BCUT2D eigenvalue weighted by molar-refractivity contribution is 7.99. The van der Waals surface area contributed by atoms with E-state index in [2.05, 4.69) is 52.0 Å². The largest absolute Gasteiger partial charge is 0.326 e. The maximum Gasteiger partial charge on any atom is 0.225 e. The zero-order valence-electron chi connectivity index (χ0n) is 15.6. The summed E-state index contributed by atoms with van der Waals surface area (Å²) in [5.41, 5.74) is 4.99. The molecule has 0 aliphatic rings. The molecule has 2 heterocycles. The number of anilines is 1. The highest BCUT2D eigenvalue weighted by Gasteiger charge is 2.13. The number of pyridine rings is 1. The van der Waals surface area contributed by atoms with Gasteiger partial charge in [-0.2, -0.15) is 0 Å². The number of nitrogens with one attached hydrogen (secondary N) is 1. The number of hydrogen-bond donors (Lipinski definition) is 1.